The van der Waals surface area contributed by atoms with Crippen molar-refractivity contribution in [2.24, 2.45) is 0 Å². The Morgan fingerprint density at radius 3 is 1.59 bits per heavy atom. The highest BCUT2D eigenvalue weighted by molar-refractivity contribution is 5.96. The van der Waals surface area contributed by atoms with Crippen molar-refractivity contribution in [3.8, 4) is 0 Å². The van der Waals surface area contributed by atoms with E-state index in [0.29, 0.717) is 0 Å². The lowest BCUT2D eigenvalue weighted by atomic mass is 9.73. The summed E-state index contributed by atoms with van der Waals surface area (Å²) in [5.74, 6) is 0. The van der Waals surface area contributed by atoms with Gasteiger partial charge in [-0.15, -0.1) is 0 Å². The van der Waals surface area contributed by atoms with E-state index in [0.717, 1.165) is 12.8 Å². The quantitative estimate of drug-likeness (QED) is 0.661. The molecule has 120 valence electrons. The summed E-state index contributed by atoms with van der Waals surface area (Å²) in [6, 6.07) is 0. The molecular weight excluding hydrogens is 266 g/mol. The number of hydrogen-bond acceptors (Lipinski definition) is 1. The lowest BCUT2D eigenvalue weighted by molar-refractivity contribution is 0.438. The van der Waals surface area contributed by atoms with E-state index >= 15 is 0 Å². The van der Waals surface area contributed by atoms with E-state index in [1.165, 1.54) is 50.0 Å². The van der Waals surface area contributed by atoms with Gasteiger partial charge in [-0.05, 0) is 93.0 Å². The third-order valence-electron chi connectivity index (χ3n) is 6.16. The van der Waals surface area contributed by atoms with Crippen LogP contribution in [0.4, 0.5) is 0 Å². The summed E-state index contributed by atoms with van der Waals surface area (Å²) in [5.41, 5.74) is 9.75. The van der Waals surface area contributed by atoms with Crippen LogP contribution in [0.15, 0.2) is 0 Å². The Morgan fingerprint density at radius 1 is 0.682 bits per heavy atom. The highest BCUT2D eigenvalue weighted by Gasteiger charge is 2.29. The topological polar surface area (TPSA) is 12.9 Å². The van der Waals surface area contributed by atoms with Gasteiger partial charge in [-0.1, -0.05) is 20.8 Å². The van der Waals surface area contributed by atoms with Crippen LogP contribution in [-0.4, -0.2) is 4.98 Å². The first-order chi connectivity index (χ1) is 10.2. The second-order valence-corrected chi connectivity index (χ2v) is 7.18. The highest BCUT2D eigenvalue weighted by atomic mass is 14.7. The summed E-state index contributed by atoms with van der Waals surface area (Å²) in [7, 11) is 0. The molecule has 1 nitrogen and oxygen atoms in total. The van der Waals surface area contributed by atoms with Crippen molar-refractivity contribution in [2.45, 2.75) is 80.6 Å². The zero-order valence-electron chi connectivity index (χ0n) is 15.9. The second-order valence-electron chi connectivity index (χ2n) is 7.18. The van der Waals surface area contributed by atoms with E-state index < -0.39 is 0 Å². The van der Waals surface area contributed by atoms with E-state index in [4.69, 9.17) is 4.98 Å². The van der Waals surface area contributed by atoms with Crippen LogP contribution in [0.5, 0.6) is 0 Å². The predicted octanol–water partition coefficient (Wildman–Crippen LogP) is 6.16. The molecule has 0 bridgehead atoms. The molecule has 0 unspecified atom stereocenters. The highest BCUT2D eigenvalue weighted by Crippen LogP contribution is 2.42. The first-order valence-corrected chi connectivity index (χ1v) is 8.57. The molecule has 0 N–H and O–H groups in total. The van der Waals surface area contributed by atoms with E-state index in [9.17, 15) is 0 Å². The molecular formula is C21H31N. The predicted molar refractivity (Wildman–Crippen MR) is 98.1 cm³/mol. The molecule has 2 rings (SSSR count). The maximum atomic E-state index is 4.94. The standard InChI is InChI=1S/C21H31N/c1-10-21(9,11-2)20-17(8)22-16(7)18-14(5)12(3)13(4)15(6)19(18)20/h10-11H2,1-9H3. The van der Waals surface area contributed by atoms with E-state index in [1.807, 2.05) is 0 Å². The first kappa shape index (κ1) is 17.0. The Morgan fingerprint density at radius 2 is 1.14 bits per heavy atom. The van der Waals surface area contributed by atoms with Crippen molar-refractivity contribution in [1.29, 1.82) is 0 Å². The van der Waals surface area contributed by atoms with Crippen LogP contribution in [0, 0.1) is 41.5 Å². The van der Waals surface area contributed by atoms with E-state index in [1.54, 1.807) is 0 Å². The van der Waals surface area contributed by atoms with Gasteiger partial charge < -0.3 is 0 Å². The van der Waals surface area contributed by atoms with Crippen molar-refractivity contribution < 1.29 is 0 Å². The van der Waals surface area contributed by atoms with E-state index in [2.05, 4.69) is 62.3 Å². The van der Waals surface area contributed by atoms with Gasteiger partial charge in [0, 0.05) is 16.8 Å². The maximum absolute atomic E-state index is 4.94. The Labute approximate surface area is 136 Å². The molecule has 1 aromatic heterocycles. The molecule has 0 fully saturated rings. The van der Waals surface area contributed by atoms with Crippen LogP contribution in [0.1, 0.15) is 72.8 Å². The minimum atomic E-state index is 0.196. The average Bonchev–Trinajstić information content (AvgIpc) is 2.49. The van der Waals surface area contributed by atoms with E-state index in [-0.39, 0.29) is 5.41 Å². The molecule has 0 aliphatic heterocycles. The largest absolute Gasteiger partial charge is 0.257 e. The minimum Gasteiger partial charge on any atom is -0.257 e. The zero-order chi connectivity index (χ0) is 16.8. The average molecular weight is 297 g/mol. The SMILES string of the molecule is CCC(C)(CC)c1c(C)nc(C)c2c(C)c(C)c(C)c(C)c12. The number of aryl methyl sites for hydroxylation is 4. The molecule has 2 aromatic rings. The van der Waals surface area contributed by atoms with Gasteiger partial charge in [0.2, 0.25) is 0 Å². The van der Waals surface area contributed by atoms with Gasteiger partial charge in [-0.25, -0.2) is 0 Å². The summed E-state index contributed by atoms with van der Waals surface area (Å²) >= 11 is 0. The van der Waals surface area contributed by atoms with Gasteiger partial charge in [0.1, 0.15) is 0 Å². The molecule has 0 aliphatic rings. The number of benzene rings is 1. The van der Waals surface area contributed by atoms with Gasteiger partial charge in [-0.2, -0.15) is 0 Å². The molecule has 1 heteroatoms. The van der Waals surface area contributed by atoms with Gasteiger partial charge in [0.05, 0.1) is 0 Å². The zero-order valence-corrected chi connectivity index (χ0v) is 15.9. The molecule has 0 saturated heterocycles. The molecule has 0 amide bonds. The van der Waals surface area contributed by atoms with Crippen molar-refractivity contribution in [3.05, 3.63) is 39.2 Å². The minimum absolute atomic E-state index is 0.196. The van der Waals surface area contributed by atoms with Crippen LogP contribution in [0.2, 0.25) is 0 Å². The summed E-state index contributed by atoms with van der Waals surface area (Å²) in [6.45, 7) is 20.4. The van der Waals surface area contributed by atoms with Gasteiger partial charge >= 0.3 is 0 Å². The Kier molecular flexibility index (Phi) is 4.39. The summed E-state index contributed by atoms with van der Waals surface area (Å²) in [4.78, 5) is 4.94. The Hall–Kier alpha value is -1.37. The third kappa shape index (κ3) is 2.26. The maximum Gasteiger partial charge on any atom is 0.0457 e. The molecule has 0 atom stereocenters. The first-order valence-electron chi connectivity index (χ1n) is 8.57. The molecule has 0 aliphatic carbocycles. The molecule has 0 spiro atoms. The number of aromatic nitrogens is 1. The number of pyridine rings is 1. The summed E-state index contributed by atoms with van der Waals surface area (Å²) in [5, 5.41) is 2.85. The van der Waals surface area contributed by atoms with Crippen molar-refractivity contribution in [2.75, 3.05) is 0 Å². The van der Waals surface area contributed by atoms with Crippen molar-refractivity contribution in [1.82, 2.24) is 4.98 Å². The van der Waals surface area contributed by atoms with Crippen LogP contribution in [0.3, 0.4) is 0 Å². The fraction of sp³-hybridized carbons (Fsp3) is 0.571. The Balaban J connectivity index is 3.13. The summed E-state index contributed by atoms with van der Waals surface area (Å²) < 4.78 is 0. The van der Waals surface area contributed by atoms with Crippen LogP contribution >= 0.6 is 0 Å². The smallest absolute Gasteiger partial charge is 0.0457 e. The normalized spacial score (nSPS) is 12.2. The number of hydrogen-bond donors (Lipinski definition) is 0. The van der Waals surface area contributed by atoms with Crippen molar-refractivity contribution >= 4 is 10.8 Å². The third-order valence-corrected chi connectivity index (χ3v) is 6.16. The molecule has 22 heavy (non-hydrogen) atoms. The van der Waals surface area contributed by atoms with Crippen LogP contribution in [-0.2, 0) is 5.41 Å². The lowest BCUT2D eigenvalue weighted by Gasteiger charge is -2.32. The molecule has 0 saturated carbocycles. The molecule has 0 radical (unpaired) electrons. The number of nitrogens with zero attached hydrogens (tertiary/aromatic N) is 1. The number of rotatable bonds is 3. The van der Waals surface area contributed by atoms with Gasteiger partial charge in [-0.3, -0.25) is 4.98 Å². The fourth-order valence-corrected chi connectivity index (χ4v) is 3.96. The van der Waals surface area contributed by atoms with Gasteiger partial charge in [0.25, 0.3) is 0 Å². The number of fused-ring (bicyclic) bond motifs is 1. The fourth-order valence-electron chi connectivity index (χ4n) is 3.96. The van der Waals surface area contributed by atoms with Crippen molar-refractivity contribution in [3.63, 3.8) is 0 Å². The van der Waals surface area contributed by atoms with Gasteiger partial charge in [0.15, 0.2) is 0 Å². The monoisotopic (exact) mass is 297 g/mol. The van der Waals surface area contributed by atoms with Crippen LogP contribution in [0.25, 0.3) is 10.8 Å². The lowest BCUT2D eigenvalue weighted by Crippen LogP contribution is -2.23. The molecule has 1 aromatic carbocycles. The summed E-state index contributed by atoms with van der Waals surface area (Å²) in [6.07, 6.45) is 2.30. The Bertz CT molecular complexity index is 734. The van der Waals surface area contributed by atoms with Crippen LogP contribution < -0.4 is 0 Å². The second kappa shape index (κ2) is 5.68. The molecule has 1 heterocycles.